The molecule has 100 valence electrons. The van der Waals surface area contributed by atoms with Gasteiger partial charge in [0.05, 0.1) is 15.6 Å². The first-order valence-corrected chi connectivity index (χ1v) is 7.65. The van der Waals surface area contributed by atoms with Crippen molar-refractivity contribution in [3.63, 3.8) is 0 Å². The molecule has 1 heterocycles. The van der Waals surface area contributed by atoms with E-state index in [-0.39, 0.29) is 0 Å². The van der Waals surface area contributed by atoms with Crippen LogP contribution in [0.1, 0.15) is 43.0 Å². The highest BCUT2D eigenvalue weighted by atomic mass is 32.1. The number of nitrogens with one attached hydrogen (secondary N) is 1. The fourth-order valence-electron chi connectivity index (χ4n) is 2.75. The van der Waals surface area contributed by atoms with Crippen molar-refractivity contribution in [2.24, 2.45) is 0 Å². The Balaban J connectivity index is 1.88. The van der Waals surface area contributed by atoms with Gasteiger partial charge in [-0.2, -0.15) is 0 Å². The molecule has 3 rings (SSSR count). The smallest absolute Gasteiger partial charge is 0.0962 e. The van der Waals surface area contributed by atoms with Crippen LogP contribution in [0.3, 0.4) is 0 Å². The van der Waals surface area contributed by atoms with Gasteiger partial charge in [-0.15, -0.1) is 11.3 Å². The molecule has 1 fully saturated rings. The van der Waals surface area contributed by atoms with Crippen LogP contribution < -0.4 is 5.48 Å². The van der Waals surface area contributed by atoms with Crippen LogP contribution >= 0.6 is 11.3 Å². The highest BCUT2D eigenvalue weighted by Crippen LogP contribution is 2.39. The number of hydrogen-bond donors (Lipinski definition) is 2. The summed E-state index contributed by atoms with van der Waals surface area (Å²) in [6.45, 7) is 0. The van der Waals surface area contributed by atoms with Crippen LogP contribution in [0.5, 0.6) is 0 Å². The van der Waals surface area contributed by atoms with Gasteiger partial charge in [-0.25, -0.2) is 4.98 Å². The molecule has 1 aromatic carbocycles. The summed E-state index contributed by atoms with van der Waals surface area (Å²) in [6, 6.07) is 7.77. The van der Waals surface area contributed by atoms with Gasteiger partial charge in [-0.05, 0) is 18.9 Å². The molecular weight excluding hydrogens is 256 g/mol. The number of anilines is 1. The minimum atomic E-state index is 0.641. The van der Waals surface area contributed by atoms with Crippen LogP contribution in [-0.2, 0) is 0 Å². The normalized spacial score (nSPS) is 16.5. The molecule has 1 aliphatic carbocycles. The summed E-state index contributed by atoms with van der Waals surface area (Å²) in [5.74, 6) is 0.641. The fraction of sp³-hybridized carbons (Fsp3) is 0.400. The van der Waals surface area contributed by atoms with Crippen molar-refractivity contribution in [1.29, 1.82) is 0 Å². The van der Waals surface area contributed by atoms with E-state index in [0.29, 0.717) is 5.92 Å². The van der Waals surface area contributed by atoms with Crippen molar-refractivity contribution in [3.05, 3.63) is 35.5 Å². The summed E-state index contributed by atoms with van der Waals surface area (Å²) in [4.78, 5) is 5.72. The first kappa shape index (κ1) is 12.6. The second-order valence-corrected chi connectivity index (χ2v) is 6.12. The number of thiazole rings is 1. The standard InChI is InChI=1S/C15H18N2OS/c18-17-13-9-5-4-8-12(13)14-10-16-15(19-14)11-6-2-1-3-7-11/h4-5,8-11,17-18H,1-3,6-7H2. The van der Waals surface area contributed by atoms with Crippen LogP contribution in [0.25, 0.3) is 10.4 Å². The molecule has 0 unspecified atom stereocenters. The summed E-state index contributed by atoms with van der Waals surface area (Å²) in [5.41, 5.74) is 4.02. The maximum Gasteiger partial charge on any atom is 0.0962 e. The minimum absolute atomic E-state index is 0.641. The van der Waals surface area contributed by atoms with Gasteiger partial charge in [0, 0.05) is 17.7 Å². The SMILES string of the molecule is ONc1ccccc1-c1cnc(C2CCCCC2)s1. The molecule has 0 spiro atoms. The quantitative estimate of drug-likeness (QED) is 0.800. The van der Waals surface area contributed by atoms with E-state index in [4.69, 9.17) is 5.21 Å². The first-order chi connectivity index (χ1) is 9.38. The van der Waals surface area contributed by atoms with Gasteiger partial charge in [0.15, 0.2) is 0 Å². The van der Waals surface area contributed by atoms with E-state index in [9.17, 15) is 0 Å². The minimum Gasteiger partial charge on any atom is -0.291 e. The monoisotopic (exact) mass is 274 g/mol. The number of rotatable bonds is 3. The molecule has 2 aromatic rings. The summed E-state index contributed by atoms with van der Waals surface area (Å²) in [5, 5.41) is 10.4. The molecule has 0 aliphatic heterocycles. The lowest BCUT2D eigenvalue weighted by atomic mass is 9.90. The molecule has 4 heteroatoms. The molecule has 1 saturated carbocycles. The zero-order chi connectivity index (χ0) is 13.1. The van der Waals surface area contributed by atoms with E-state index in [0.717, 1.165) is 16.1 Å². The van der Waals surface area contributed by atoms with Crippen molar-refractivity contribution in [3.8, 4) is 10.4 Å². The molecule has 0 amide bonds. The molecule has 0 radical (unpaired) electrons. The number of hydrogen-bond acceptors (Lipinski definition) is 4. The summed E-state index contributed by atoms with van der Waals surface area (Å²) in [7, 11) is 0. The molecular formula is C15H18N2OS. The Hall–Kier alpha value is -1.39. The van der Waals surface area contributed by atoms with E-state index in [2.05, 4.69) is 10.5 Å². The van der Waals surface area contributed by atoms with E-state index in [1.54, 1.807) is 11.3 Å². The highest BCUT2D eigenvalue weighted by molar-refractivity contribution is 7.15. The molecule has 0 atom stereocenters. The van der Waals surface area contributed by atoms with Gasteiger partial charge >= 0.3 is 0 Å². The Morgan fingerprint density at radius 1 is 1.16 bits per heavy atom. The Morgan fingerprint density at radius 2 is 1.95 bits per heavy atom. The lowest BCUT2D eigenvalue weighted by Gasteiger charge is -2.18. The zero-order valence-corrected chi connectivity index (χ0v) is 11.6. The lowest BCUT2D eigenvalue weighted by Crippen LogP contribution is -2.03. The van der Waals surface area contributed by atoms with Gasteiger partial charge in [0.1, 0.15) is 0 Å². The predicted molar refractivity (Wildman–Crippen MR) is 78.8 cm³/mol. The highest BCUT2D eigenvalue weighted by Gasteiger charge is 2.19. The molecule has 1 aromatic heterocycles. The average Bonchev–Trinajstić information content (AvgIpc) is 2.98. The van der Waals surface area contributed by atoms with Gasteiger partial charge in [-0.1, -0.05) is 37.5 Å². The van der Waals surface area contributed by atoms with Crippen LogP contribution in [0.4, 0.5) is 5.69 Å². The molecule has 3 nitrogen and oxygen atoms in total. The van der Waals surface area contributed by atoms with Gasteiger partial charge in [0.2, 0.25) is 0 Å². The fourth-order valence-corrected chi connectivity index (χ4v) is 3.87. The molecule has 0 saturated heterocycles. The van der Waals surface area contributed by atoms with Crippen molar-refractivity contribution in [2.45, 2.75) is 38.0 Å². The number of para-hydroxylation sites is 1. The van der Waals surface area contributed by atoms with Crippen LogP contribution in [0, 0.1) is 0 Å². The van der Waals surface area contributed by atoms with E-state index >= 15 is 0 Å². The Morgan fingerprint density at radius 3 is 2.74 bits per heavy atom. The number of nitrogens with zero attached hydrogens (tertiary/aromatic N) is 1. The van der Waals surface area contributed by atoms with Crippen molar-refractivity contribution < 1.29 is 5.21 Å². The van der Waals surface area contributed by atoms with Gasteiger partial charge in [0.25, 0.3) is 0 Å². The second kappa shape index (κ2) is 5.72. The van der Waals surface area contributed by atoms with E-state index in [1.165, 1.54) is 37.1 Å². The molecule has 1 aliphatic rings. The van der Waals surface area contributed by atoms with Crippen molar-refractivity contribution in [2.75, 3.05) is 5.48 Å². The first-order valence-electron chi connectivity index (χ1n) is 6.83. The predicted octanol–water partition coefficient (Wildman–Crippen LogP) is 4.66. The lowest BCUT2D eigenvalue weighted by molar-refractivity contribution is 0.389. The van der Waals surface area contributed by atoms with Crippen LogP contribution in [0.15, 0.2) is 30.5 Å². The maximum atomic E-state index is 9.17. The Bertz CT molecular complexity index is 547. The van der Waals surface area contributed by atoms with E-state index in [1.807, 2.05) is 30.5 Å². The molecule has 0 bridgehead atoms. The zero-order valence-electron chi connectivity index (χ0n) is 10.8. The van der Waals surface area contributed by atoms with Gasteiger partial charge < -0.3 is 0 Å². The third kappa shape index (κ3) is 2.65. The Labute approximate surface area is 117 Å². The summed E-state index contributed by atoms with van der Waals surface area (Å²) < 4.78 is 0. The second-order valence-electron chi connectivity index (χ2n) is 5.06. The van der Waals surface area contributed by atoms with Crippen LogP contribution in [-0.4, -0.2) is 10.2 Å². The van der Waals surface area contributed by atoms with Crippen LogP contribution in [0.2, 0.25) is 0 Å². The largest absolute Gasteiger partial charge is 0.291 e. The Kier molecular flexibility index (Phi) is 3.80. The van der Waals surface area contributed by atoms with Crippen molar-refractivity contribution in [1.82, 2.24) is 4.98 Å². The maximum absolute atomic E-state index is 9.17. The molecule has 2 N–H and O–H groups in total. The summed E-state index contributed by atoms with van der Waals surface area (Å²) in [6.07, 6.45) is 8.50. The molecule has 19 heavy (non-hydrogen) atoms. The topological polar surface area (TPSA) is 45.1 Å². The number of aromatic nitrogens is 1. The summed E-state index contributed by atoms with van der Waals surface area (Å²) >= 11 is 1.76. The third-order valence-electron chi connectivity index (χ3n) is 3.79. The third-order valence-corrected chi connectivity index (χ3v) is 4.98. The average molecular weight is 274 g/mol. The van der Waals surface area contributed by atoms with Gasteiger partial charge in [-0.3, -0.25) is 10.7 Å². The van der Waals surface area contributed by atoms with Crippen molar-refractivity contribution >= 4 is 17.0 Å². The number of benzene rings is 1. The van der Waals surface area contributed by atoms with E-state index < -0.39 is 0 Å².